The molecule has 0 saturated carbocycles. The van der Waals surface area contributed by atoms with Gasteiger partial charge in [-0.15, -0.1) is 0 Å². The van der Waals surface area contributed by atoms with Gasteiger partial charge in [0, 0.05) is 13.1 Å². The van der Waals surface area contributed by atoms with Crippen LogP contribution in [0, 0.1) is 0 Å². The van der Waals surface area contributed by atoms with Crippen LogP contribution in [-0.4, -0.2) is 36.5 Å². The predicted molar refractivity (Wildman–Crippen MR) is 140 cm³/mol. The van der Waals surface area contributed by atoms with Crippen LogP contribution in [0.2, 0.25) is 5.04 Å². The van der Waals surface area contributed by atoms with Crippen molar-refractivity contribution in [2.75, 3.05) is 11.9 Å². The number of nitrogens with zero attached hydrogens (tertiary/aromatic N) is 2. The maximum absolute atomic E-state index is 12.5. The van der Waals surface area contributed by atoms with E-state index in [1.165, 1.54) is 21.9 Å². The van der Waals surface area contributed by atoms with E-state index in [2.05, 4.69) is 79.6 Å². The largest absolute Gasteiger partial charge is 0.405 e. The molecule has 4 rings (SSSR count). The molecule has 1 aliphatic rings. The first-order chi connectivity index (χ1) is 16.7. The minimum atomic E-state index is -2.65. The van der Waals surface area contributed by atoms with Gasteiger partial charge in [-0.1, -0.05) is 81.4 Å². The first kappa shape index (κ1) is 25.0. The second-order valence-corrected chi connectivity index (χ2v) is 14.3. The molecular formula is C27H33N3O4Si. The smallest absolute Gasteiger partial charge is 0.351 e. The van der Waals surface area contributed by atoms with E-state index in [-0.39, 0.29) is 22.9 Å². The summed E-state index contributed by atoms with van der Waals surface area (Å²) in [5.74, 6) is -0.0318. The van der Waals surface area contributed by atoms with Gasteiger partial charge in [0.15, 0.2) is 0 Å². The van der Waals surface area contributed by atoms with E-state index in [4.69, 9.17) is 9.16 Å². The Labute approximate surface area is 207 Å². The van der Waals surface area contributed by atoms with Crippen LogP contribution in [0.25, 0.3) is 0 Å². The summed E-state index contributed by atoms with van der Waals surface area (Å²) in [4.78, 5) is 27.7. The summed E-state index contributed by atoms with van der Waals surface area (Å²) in [5.41, 5.74) is -0.449. The third-order valence-electron chi connectivity index (χ3n) is 6.43. The van der Waals surface area contributed by atoms with Crippen LogP contribution < -0.4 is 21.4 Å². The molecule has 0 spiro atoms. The fourth-order valence-electron chi connectivity index (χ4n) is 4.88. The highest BCUT2D eigenvalue weighted by atomic mass is 28.4. The van der Waals surface area contributed by atoms with E-state index < -0.39 is 20.2 Å². The molecule has 0 aliphatic carbocycles. The topological polar surface area (TPSA) is 82.5 Å². The van der Waals surface area contributed by atoms with Gasteiger partial charge in [0.1, 0.15) is 12.0 Å². The van der Waals surface area contributed by atoms with Gasteiger partial charge in [0.05, 0.1) is 12.7 Å². The number of amides is 1. The highest BCUT2D eigenvalue weighted by Crippen LogP contribution is 2.38. The Hall–Kier alpha value is -3.07. The summed E-state index contributed by atoms with van der Waals surface area (Å²) < 4.78 is 14.7. The van der Waals surface area contributed by atoms with Gasteiger partial charge in [-0.25, -0.2) is 4.79 Å². The summed E-state index contributed by atoms with van der Waals surface area (Å²) in [5, 5.41) is 4.87. The molecule has 1 saturated heterocycles. The van der Waals surface area contributed by atoms with Crippen molar-refractivity contribution < 1.29 is 14.0 Å². The van der Waals surface area contributed by atoms with Crippen LogP contribution in [0.15, 0.2) is 77.7 Å². The molecular weight excluding hydrogens is 458 g/mol. The Morgan fingerprint density at radius 1 is 1.06 bits per heavy atom. The zero-order chi connectivity index (χ0) is 25.1. The lowest BCUT2D eigenvalue weighted by Crippen LogP contribution is -2.67. The van der Waals surface area contributed by atoms with E-state index in [1.54, 1.807) is 12.3 Å². The maximum atomic E-state index is 12.5. The van der Waals surface area contributed by atoms with Gasteiger partial charge in [0.2, 0.25) is 5.91 Å². The van der Waals surface area contributed by atoms with Gasteiger partial charge in [-0.2, -0.15) is 4.98 Å². The molecule has 2 heterocycles. The molecule has 1 aliphatic heterocycles. The number of hydrogen-bond acceptors (Lipinski definition) is 5. The number of carbonyl (C=O) groups excluding carboxylic acids is 1. The second-order valence-electron chi connectivity index (χ2n) is 9.95. The Balaban J connectivity index is 1.56. The molecule has 1 aromatic heterocycles. The van der Waals surface area contributed by atoms with Crippen LogP contribution in [0.3, 0.4) is 0 Å². The van der Waals surface area contributed by atoms with Gasteiger partial charge >= 0.3 is 5.69 Å². The van der Waals surface area contributed by atoms with E-state index in [9.17, 15) is 9.59 Å². The van der Waals surface area contributed by atoms with Gasteiger partial charge in [0.25, 0.3) is 8.32 Å². The molecule has 2 atom stereocenters. The fraction of sp³-hybridized carbons (Fsp3) is 0.370. The highest BCUT2D eigenvalue weighted by molar-refractivity contribution is 6.99. The lowest BCUT2D eigenvalue weighted by Gasteiger charge is -2.43. The van der Waals surface area contributed by atoms with Crippen molar-refractivity contribution in [3.05, 3.63) is 83.4 Å². The second kappa shape index (κ2) is 10.3. The molecule has 0 radical (unpaired) electrons. The Kier molecular flexibility index (Phi) is 7.35. The number of ether oxygens (including phenoxy) is 1. The van der Waals surface area contributed by atoms with E-state index >= 15 is 0 Å². The van der Waals surface area contributed by atoms with Crippen LogP contribution in [0.4, 0.5) is 5.82 Å². The van der Waals surface area contributed by atoms with E-state index in [1.807, 2.05) is 12.1 Å². The van der Waals surface area contributed by atoms with Crippen molar-refractivity contribution >= 4 is 30.4 Å². The van der Waals surface area contributed by atoms with Crippen molar-refractivity contribution in [3.8, 4) is 0 Å². The summed E-state index contributed by atoms with van der Waals surface area (Å²) in [6.07, 6.45) is 2.55. The number of benzene rings is 2. The Morgan fingerprint density at radius 3 is 2.17 bits per heavy atom. The number of aromatic nitrogens is 2. The molecule has 3 aromatic rings. The third-order valence-corrected chi connectivity index (χ3v) is 11.4. The lowest BCUT2D eigenvalue weighted by molar-refractivity contribution is -0.114. The zero-order valence-electron chi connectivity index (χ0n) is 20.7. The van der Waals surface area contributed by atoms with Crippen molar-refractivity contribution in [1.29, 1.82) is 0 Å². The average Bonchev–Trinajstić information content (AvgIpc) is 3.28. The first-order valence-electron chi connectivity index (χ1n) is 12.0. The van der Waals surface area contributed by atoms with Gasteiger partial charge in [-0.3, -0.25) is 9.36 Å². The normalized spacial score (nSPS) is 18.4. The summed E-state index contributed by atoms with van der Waals surface area (Å²) >= 11 is 0. The van der Waals surface area contributed by atoms with Crippen LogP contribution >= 0.6 is 0 Å². The minimum absolute atomic E-state index is 0.117. The van der Waals surface area contributed by atoms with E-state index in [0.717, 1.165) is 6.42 Å². The lowest BCUT2D eigenvalue weighted by atomic mass is 10.2. The number of carbonyl (C=O) groups is 1. The molecule has 0 bridgehead atoms. The molecule has 184 valence electrons. The standard InChI is InChI=1S/C27H33N3O4Si/c1-20(31)28-24-17-18-30(26(32)29-24)25-16-15-21(34-25)19-33-35(27(2,3)4,22-11-7-5-8-12-22)23-13-9-6-10-14-23/h5-14,17-18,21,25H,15-16,19H2,1-4H3,(H,28,29,31,32)/t21-,25+/m0/s1. The number of rotatable bonds is 7. The highest BCUT2D eigenvalue weighted by Gasteiger charge is 2.50. The maximum Gasteiger partial charge on any atom is 0.351 e. The molecule has 1 amide bonds. The average molecular weight is 492 g/mol. The number of nitrogens with one attached hydrogen (secondary N) is 1. The Morgan fingerprint density at radius 2 is 1.66 bits per heavy atom. The summed E-state index contributed by atoms with van der Waals surface area (Å²) in [6.45, 7) is 8.57. The summed E-state index contributed by atoms with van der Waals surface area (Å²) in [7, 11) is -2.65. The van der Waals surface area contributed by atoms with E-state index in [0.29, 0.717) is 13.0 Å². The van der Waals surface area contributed by atoms with Gasteiger partial charge < -0.3 is 14.5 Å². The molecule has 1 fully saturated rings. The summed E-state index contributed by atoms with van der Waals surface area (Å²) in [6, 6.07) is 22.6. The van der Waals surface area contributed by atoms with Crippen molar-refractivity contribution in [3.63, 3.8) is 0 Å². The van der Waals surface area contributed by atoms with Crippen molar-refractivity contribution in [2.24, 2.45) is 0 Å². The molecule has 35 heavy (non-hydrogen) atoms. The zero-order valence-corrected chi connectivity index (χ0v) is 21.7. The Bertz CT molecular complexity index is 1170. The third kappa shape index (κ3) is 5.29. The number of anilines is 1. The SMILES string of the molecule is CC(=O)Nc1ccn([C@H]2CC[C@@H](CO[Si](c3ccccc3)(c3ccccc3)C(C)(C)C)O2)c(=O)n1. The fourth-order valence-corrected chi connectivity index (χ4v) is 9.47. The first-order valence-corrected chi connectivity index (χ1v) is 13.9. The van der Waals surface area contributed by atoms with Gasteiger partial charge in [-0.05, 0) is 34.3 Å². The predicted octanol–water partition coefficient (Wildman–Crippen LogP) is 3.46. The molecule has 1 N–H and O–H groups in total. The van der Waals surface area contributed by atoms with Crippen molar-refractivity contribution in [2.45, 2.75) is 57.9 Å². The van der Waals surface area contributed by atoms with Crippen LogP contribution in [0.5, 0.6) is 0 Å². The minimum Gasteiger partial charge on any atom is -0.405 e. The number of hydrogen-bond donors (Lipinski definition) is 1. The molecule has 0 unspecified atom stereocenters. The quantitative estimate of drug-likeness (QED) is 0.512. The molecule has 2 aromatic carbocycles. The monoisotopic (exact) mass is 491 g/mol. The molecule has 7 nitrogen and oxygen atoms in total. The van der Waals surface area contributed by atoms with Crippen molar-refractivity contribution in [1.82, 2.24) is 9.55 Å². The van der Waals surface area contributed by atoms with Crippen LogP contribution in [0.1, 0.15) is 46.8 Å². The van der Waals surface area contributed by atoms with Crippen LogP contribution in [-0.2, 0) is 14.0 Å². The molecule has 8 heteroatoms.